The van der Waals surface area contributed by atoms with E-state index in [9.17, 15) is 4.79 Å². The molecular weight excluding hydrogens is 282 g/mol. The second kappa shape index (κ2) is 6.62. The van der Waals surface area contributed by atoms with Crippen LogP contribution in [0.5, 0.6) is 0 Å². The fourth-order valence-corrected chi connectivity index (χ4v) is 3.44. The van der Waals surface area contributed by atoms with Gasteiger partial charge >= 0.3 is 5.97 Å². The Hall–Kier alpha value is -0.740. The molecule has 0 atom stereocenters. The van der Waals surface area contributed by atoms with E-state index in [1.807, 2.05) is 6.92 Å². The van der Waals surface area contributed by atoms with Crippen LogP contribution in [0.3, 0.4) is 0 Å². The fourth-order valence-electron chi connectivity index (χ4n) is 2.28. The van der Waals surface area contributed by atoms with E-state index in [1.165, 1.54) is 22.9 Å². The van der Waals surface area contributed by atoms with Gasteiger partial charge in [0.2, 0.25) is 0 Å². The van der Waals surface area contributed by atoms with E-state index < -0.39 is 0 Å². The van der Waals surface area contributed by atoms with Crippen molar-refractivity contribution in [2.45, 2.75) is 39.5 Å². The van der Waals surface area contributed by atoms with Gasteiger partial charge in [0.15, 0.2) is 0 Å². The number of fused-ring (bicyclic) bond motifs is 1. The molecule has 19 heavy (non-hydrogen) atoms. The Morgan fingerprint density at radius 2 is 2.26 bits per heavy atom. The highest BCUT2D eigenvalue weighted by Gasteiger charge is 2.23. The van der Waals surface area contributed by atoms with E-state index in [0.717, 1.165) is 35.0 Å². The van der Waals surface area contributed by atoms with Gasteiger partial charge in [-0.2, -0.15) is 0 Å². The van der Waals surface area contributed by atoms with Gasteiger partial charge in [-0.1, -0.05) is 23.4 Å². The van der Waals surface area contributed by atoms with Crippen LogP contribution in [0.4, 0.5) is 0 Å². The molecule has 5 heteroatoms. The molecular formula is C14H18ClNO2S. The molecule has 2 rings (SSSR count). The molecule has 104 valence electrons. The number of thioether (sulfide) groups is 1. The maximum Gasteiger partial charge on any atom is 0.316 e. The second-order valence-electron chi connectivity index (χ2n) is 4.64. The lowest BCUT2D eigenvalue weighted by atomic mass is 9.91. The molecule has 2 aliphatic rings. The number of hydrogen-bond donors (Lipinski definition) is 0. The number of carbonyl (C=O) groups excluding carboxylic acids is 1. The Kier molecular flexibility index (Phi) is 5.11. The van der Waals surface area contributed by atoms with E-state index in [-0.39, 0.29) is 5.97 Å². The first-order valence-corrected chi connectivity index (χ1v) is 7.91. The van der Waals surface area contributed by atoms with Crippen LogP contribution >= 0.6 is 23.4 Å². The third-order valence-corrected chi connectivity index (χ3v) is 4.51. The van der Waals surface area contributed by atoms with Crippen molar-refractivity contribution in [3.05, 3.63) is 21.9 Å². The number of rotatable bonds is 3. The largest absolute Gasteiger partial charge is 0.465 e. The van der Waals surface area contributed by atoms with Gasteiger partial charge in [-0.05, 0) is 44.3 Å². The quantitative estimate of drug-likeness (QED) is 0.738. The number of ether oxygens (including phenoxy) is 1. The Labute approximate surface area is 123 Å². The normalized spacial score (nSPS) is 19.2. The summed E-state index contributed by atoms with van der Waals surface area (Å²) in [7, 11) is 0. The molecule has 0 radical (unpaired) electrons. The van der Waals surface area contributed by atoms with E-state index in [2.05, 4.69) is 11.9 Å². The molecule has 0 N–H and O–H groups in total. The van der Waals surface area contributed by atoms with Crippen molar-refractivity contribution in [3.8, 4) is 0 Å². The Morgan fingerprint density at radius 3 is 3.00 bits per heavy atom. The van der Waals surface area contributed by atoms with Crippen molar-refractivity contribution >= 4 is 34.4 Å². The molecule has 0 aromatic rings. The molecule has 0 saturated heterocycles. The van der Waals surface area contributed by atoms with Gasteiger partial charge in [0.05, 0.1) is 23.1 Å². The van der Waals surface area contributed by atoms with Gasteiger partial charge in [-0.3, -0.25) is 4.79 Å². The molecule has 3 nitrogen and oxygen atoms in total. The summed E-state index contributed by atoms with van der Waals surface area (Å²) < 4.78 is 4.92. The highest BCUT2D eigenvalue weighted by Crippen LogP contribution is 2.39. The third kappa shape index (κ3) is 3.63. The highest BCUT2D eigenvalue weighted by atomic mass is 35.5. The van der Waals surface area contributed by atoms with E-state index in [1.54, 1.807) is 0 Å². The number of esters is 1. The van der Waals surface area contributed by atoms with E-state index >= 15 is 0 Å². The van der Waals surface area contributed by atoms with Gasteiger partial charge in [0.25, 0.3) is 0 Å². The summed E-state index contributed by atoms with van der Waals surface area (Å²) >= 11 is 7.79. The minimum atomic E-state index is -0.199. The lowest BCUT2D eigenvalue weighted by Gasteiger charge is -2.24. The monoisotopic (exact) mass is 299 g/mol. The van der Waals surface area contributed by atoms with E-state index in [0.29, 0.717) is 18.8 Å². The molecule has 0 aromatic carbocycles. The Balaban J connectivity index is 2.07. The fraction of sp³-hybridized carbons (Fsp3) is 0.571. The van der Waals surface area contributed by atoms with Crippen molar-refractivity contribution in [3.63, 3.8) is 0 Å². The molecule has 0 spiro atoms. The zero-order chi connectivity index (χ0) is 13.8. The number of allylic oxidation sites excluding steroid dienone is 3. The summed E-state index contributed by atoms with van der Waals surface area (Å²) in [5.41, 5.74) is 3.55. The predicted octanol–water partition coefficient (Wildman–Crippen LogP) is 4.04. The summed E-state index contributed by atoms with van der Waals surface area (Å²) in [6, 6.07) is 0. The standard InChI is InChI=1S/C14H18ClNO2S/c1-3-18-13(17)8-19-12-7-11(15)10-6-4-5-9(2)14(10)16-12/h3-8H2,1-2H3. The van der Waals surface area contributed by atoms with Crippen molar-refractivity contribution in [2.75, 3.05) is 12.4 Å². The zero-order valence-electron chi connectivity index (χ0n) is 11.3. The lowest BCUT2D eigenvalue weighted by molar-refractivity contribution is -0.139. The molecule has 1 heterocycles. The minimum Gasteiger partial charge on any atom is -0.465 e. The van der Waals surface area contributed by atoms with Crippen LogP contribution in [-0.4, -0.2) is 23.4 Å². The summed E-state index contributed by atoms with van der Waals surface area (Å²) in [5.74, 6) is 0.105. The van der Waals surface area contributed by atoms with Crippen LogP contribution in [0, 0.1) is 0 Å². The number of hydrogen-bond acceptors (Lipinski definition) is 4. The van der Waals surface area contributed by atoms with Crippen molar-refractivity contribution in [1.82, 2.24) is 0 Å². The summed E-state index contributed by atoms with van der Waals surface area (Å²) in [6.45, 7) is 4.34. The predicted molar refractivity (Wildman–Crippen MR) is 80.6 cm³/mol. The average Bonchev–Trinajstić information content (AvgIpc) is 2.38. The maximum atomic E-state index is 11.4. The summed E-state index contributed by atoms with van der Waals surface area (Å²) in [6.07, 6.45) is 3.91. The molecule has 0 aromatic heterocycles. The average molecular weight is 300 g/mol. The van der Waals surface area contributed by atoms with Crippen molar-refractivity contribution in [2.24, 2.45) is 4.99 Å². The van der Waals surface area contributed by atoms with Crippen molar-refractivity contribution < 1.29 is 9.53 Å². The second-order valence-corrected chi connectivity index (χ2v) is 6.15. The number of dihydropyridines is 1. The lowest BCUT2D eigenvalue weighted by Crippen LogP contribution is -2.13. The van der Waals surface area contributed by atoms with Crippen LogP contribution in [0.25, 0.3) is 0 Å². The Morgan fingerprint density at radius 1 is 1.47 bits per heavy atom. The molecule has 0 bridgehead atoms. The molecule has 0 amide bonds. The molecule has 1 aliphatic heterocycles. The first-order valence-electron chi connectivity index (χ1n) is 6.55. The SMILES string of the molecule is CCOC(=O)CSC1=NC2=C(C)CCCC2=C(Cl)C1. The number of aliphatic imine (C=N–C) groups is 1. The van der Waals surface area contributed by atoms with Gasteiger partial charge in [-0.15, -0.1) is 0 Å². The number of carbonyl (C=O) groups is 1. The van der Waals surface area contributed by atoms with E-state index in [4.69, 9.17) is 16.3 Å². The summed E-state index contributed by atoms with van der Waals surface area (Å²) in [5, 5.41) is 1.80. The van der Waals surface area contributed by atoms with Crippen LogP contribution in [0.15, 0.2) is 26.9 Å². The topological polar surface area (TPSA) is 38.7 Å². The van der Waals surface area contributed by atoms with Crippen LogP contribution in [0.1, 0.15) is 39.5 Å². The van der Waals surface area contributed by atoms with Gasteiger partial charge in [0, 0.05) is 11.5 Å². The van der Waals surface area contributed by atoms with Crippen LogP contribution in [-0.2, 0) is 9.53 Å². The third-order valence-electron chi connectivity index (χ3n) is 3.20. The zero-order valence-corrected chi connectivity index (χ0v) is 12.9. The van der Waals surface area contributed by atoms with Gasteiger partial charge in [-0.25, -0.2) is 4.99 Å². The van der Waals surface area contributed by atoms with Gasteiger partial charge < -0.3 is 4.74 Å². The number of halogens is 1. The minimum absolute atomic E-state index is 0.199. The smallest absolute Gasteiger partial charge is 0.316 e. The first-order chi connectivity index (χ1) is 9.11. The summed E-state index contributed by atoms with van der Waals surface area (Å²) in [4.78, 5) is 16.0. The first kappa shape index (κ1) is 14.7. The molecule has 0 saturated carbocycles. The van der Waals surface area contributed by atoms with Crippen LogP contribution in [0.2, 0.25) is 0 Å². The molecule has 0 unspecified atom stereocenters. The molecule has 0 fully saturated rings. The maximum absolute atomic E-state index is 11.4. The highest BCUT2D eigenvalue weighted by molar-refractivity contribution is 8.14. The Bertz CT molecular complexity index is 480. The number of nitrogens with zero attached hydrogens (tertiary/aromatic N) is 1. The van der Waals surface area contributed by atoms with Crippen LogP contribution < -0.4 is 0 Å². The van der Waals surface area contributed by atoms with Crippen molar-refractivity contribution in [1.29, 1.82) is 0 Å². The van der Waals surface area contributed by atoms with Gasteiger partial charge in [0.1, 0.15) is 0 Å². The molecule has 1 aliphatic carbocycles.